The molecule has 14 heavy (non-hydrogen) atoms. The minimum Gasteiger partial charge on any atom is -0.292 e. The van der Waals surface area contributed by atoms with Gasteiger partial charge in [0.1, 0.15) is 0 Å². The first-order chi connectivity index (χ1) is 6.58. The molecule has 0 bridgehead atoms. The van der Waals surface area contributed by atoms with Crippen molar-refractivity contribution in [3.63, 3.8) is 0 Å². The zero-order valence-corrected chi connectivity index (χ0v) is 7.24. The summed E-state index contributed by atoms with van der Waals surface area (Å²) in [6, 6.07) is 0.790. The Hall–Kier alpha value is -1.98. The summed E-state index contributed by atoms with van der Waals surface area (Å²) in [5, 5.41) is 0. The number of halogens is 1. The standard InChI is InChI=1S/C8H6FN3O2/c1-4-3-12-5(9)2-6(13)10-8(12)11-7(4)14/h2-3H,1H3,(H,10,11,13,14). The first kappa shape index (κ1) is 8.61. The summed E-state index contributed by atoms with van der Waals surface area (Å²) >= 11 is 0. The molecule has 0 fully saturated rings. The summed E-state index contributed by atoms with van der Waals surface area (Å²) in [5.41, 5.74) is -0.794. The lowest BCUT2D eigenvalue weighted by atomic mass is 10.4. The Bertz CT molecular complexity index is 614. The second-order valence-electron chi connectivity index (χ2n) is 2.88. The van der Waals surface area contributed by atoms with Crippen LogP contribution in [0.15, 0.2) is 21.9 Å². The molecule has 1 N–H and O–H groups in total. The molecule has 2 aromatic rings. The van der Waals surface area contributed by atoms with Crippen LogP contribution < -0.4 is 11.1 Å². The van der Waals surface area contributed by atoms with E-state index < -0.39 is 17.1 Å². The normalized spacial score (nSPS) is 10.7. The number of aromatic nitrogens is 3. The van der Waals surface area contributed by atoms with Crippen LogP contribution in [0.2, 0.25) is 0 Å². The first-order valence-electron chi connectivity index (χ1n) is 3.87. The number of fused-ring (bicyclic) bond motifs is 1. The molecule has 2 rings (SSSR count). The number of aryl methyl sites for hydroxylation is 1. The maximum absolute atomic E-state index is 13.2. The van der Waals surface area contributed by atoms with Crippen LogP contribution >= 0.6 is 0 Å². The van der Waals surface area contributed by atoms with Crippen molar-refractivity contribution in [2.24, 2.45) is 0 Å². The number of rotatable bonds is 0. The quantitative estimate of drug-likeness (QED) is 0.593. The van der Waals surface area contributed by atoms with Gasteiger partial charge in [0.05, 0.1) is 6.07 Å². The largest absolute Gasteiger partial charge is 0.292 e. The fraction of sp³-hybridized carbons (Fsp3) is 0.125. The average molecular weight is 195 g/mol. The second-order valence-corrected chi connectivity index (χ2v) is 2.88. The maximum Gasteiger partial charge on any atom is 0.277 e. The molecule has 0 aromatic carbocycles. The molecule has 0 amide bonds. The molecule has 0 radical (unpaired) electrons. The van der Waals surface area contributed by atoms with Gasteiger partial charge >= 0.3 is 0 Å². The van der Waals surface area contributed by atoms with E-state index in [0.717, 1.165) is 10.5 Å². The first-order valence-corrected chi connectivity index (χ1v) is 3.87. The van der Waals surface area contributed by atoms with Crippen molar-refractivity contribution in [1.29, 1.82) is 0 Å². The predicted molar refractivity (Wildman–Crippen MR) is 46.8 cm³/mol. The summed E-state index contributed by atoms with van der Waals surface area (Å²) < 4.78 is 14.2. The highest BCUT2D eigenvalue weighted by molar-refractivity contribution is 5.27. The van der Waals surface area contributed by atoms with Crippen molar-refractivity contribution in [3.8, 4) is 0 Å². The van der Waals surface area contributed by atoms with Crippen LogP contribution in [0.1, 0.15) is 5.56 Å². The van der Waals surface area contributed by atoms with Crippen molar-refractivity contribution >= 4 is 5.78 Å². The Morgan fingerprint density at radius 1 is 1.50 bits per heavy atom. The van der Waals surface area contributed by atoms with Crippen molar-refractivity contribution in [3.05, 3.63) is 44.5 Å². The molecular weight excluding hydrogens is 189 g/mol. The number of nitrogens with zero attached hydrogens (tertiary/aromatic N) is 2. The molecule has 2 heterocycles. The van der Waals surface area contributed by atoms with E-state index in [1.54, 1.807) is 0 Å². The third kappa shape index (κ3) is 1.20. The van der Waals surface area contributed by atoms with Gasteiger partial charge in [-0.05, 0) is 6.92 Å². The summed E-state index contributed by atoms with van der Waals surface area (Å²) in [6.07, 6.45) is 1.29. The van der Waals surface area contributed by atoms with Crippen LogP contribution in [0, 0.1) is 12.9 Å². The molecule has 5 nitrogen and oxygen atoms in total. The van der Waals surface area contributed by atoms with Crippen LogP contribution in [0.4, 0.5) is 4.39 Å². The van der Waals surface area contributed by atoms with E-state index in [9.17, 15) is 14.0 Å². The van der Waals surface area contributed by atoms with Crippen molar-refractivity contribution in [2.45, 2.75) is 6.92 Å². The third-order valence-electron chi connectivity index (χ3n) is 1.81. The van der Waals surface area contributed by atoms with E-state index in [4.69, 9.17) is 0 Å². The van der Waals surface area contributed by atoms with Gasteiger partial charge < -0.3 is 0 Å². The van der Waals surface area contributed by atoms with Crippen LogP contribution in [-0.4, -0.2) is 14.4 Å². The number of hydrogen-bond donors (Lipinski definition) is 1. The van der Waals surface area contributed by atoms with E-state index in [1.165, 1.54) is 13.1 Å². The zero-order valence-electron chi connectivity index (χ0n) is 7.24. The Kier molecular flexibility index (Phi) is 1.70. The smallest absolute Gasteiger partial charge is 0.277 e. The van der Waals surface area contributed by atoms with Gasteiger partial charge in [0.2, 0.25) is 11.7 Å². The molecule has 0 unspecified atom stereocenters. The average Bonchev–Trinajstić information content (AvgIpc) is 2.08. The Morgan fingerprint density at radius 2 is 2.21 bits per heavy atom. The highest BCUT2D eigenvalue weighted by Gasteiger charge is 2.04. The van der Waals surface area contributed by atoms with Crippen LogP contribution in [0.25, 0.3) is 5.78 Å². The Balaban J connectivity index is 3.03. The van der Waals surface area contributed by atoms with Gasteiger partial charge in [-0.2, -0.15) is 9.37 Å². The fourth-order valence-electron chi connectivity index (χ4n) is 1.12. The summed E-state index contributed by atoms with van der Waals surface area (Å²) in [7, 11) is 0. The summed E-state index contributed by atoms with van der Waals surface area (Å²) in [4.78, 5) is 27.7. The van der Waals surface area contributed by atoms with E-state index >= 15 is 0 Å². The van der Waals surface area contributed by atoms with Gasteiger partial charge in [0.15, 0.2) is 0 Å². The molecule has 72 valence electrons. The second kappa shape index (κ2) is 2.76. The molecule has 0 aliphatic rings. The van der Waals surface area contributed by atoms with Gasteiger partial charge in [-0.3, -0.25) is 19.0 Å². The zero-order chi connectivity index (χ0) is 10.3. The van der Waals surface area contributed by atoms with Gasteiger partial charge in [0, 0.05) is 11.8 Å². The van der Waals surface area contributed by atoms with E-state index in [2.05, 4.69) is 9.97 Å². The highest BCUT2D eigenvalue weighted by atomic mass is 19.1. The minimum absolute atomic E-state index is 0.0920. The molecule has 0 spiro atoms. The van der Waals surface area contributed by atoms with Crippen molar-refractivity contribution in [1.82, 2.24) is 14.4 Å². The lowest BCUT2D eigenvalue weighted by Gasteiger charge is -2.00. The minimum atomic E-state index is -0.751. The third-order valence-corrected chi connectivity index (χ3v) is 1.81. The van der Waals surface area contributed by atoms with Gasteiger partial charge in [-0.25, -0.2) is 0 Å². The molecule has 0 saturated heterocycles. The SMILES string of the molecule is Cc1cn2c(F)cc(=O)[nH]c2nc1=O. The van der Waals surface area contributed by atoms with E-state index in [-0.39, 0.29) is 5.78 Å². The van der Waals surface area contributed by atoms with Crippen LogP contribution in [0.3, 0.4) is 0 Å². The van der Waals surface area contributed by atoms with Crippen molar-refractivity contribution < 1.29 is 4.39 Å². The Labute approximate surface area is 76.9 Å². The van der Waals surface area contributed by atoms with Crippen LogP contribution in [-0.2, 0) is 0 Å². The highest BCUT2D eigenvalue weighted by Crippen LogP contribution is 1.96. The number of hydrogen-bond acceptors (Lipinski definition) is 3. The lowest BCUT2D eigenvalue weighted by molar-refractivity contribution is 0.557. The summed E-state index contributed by atoms with van der Waals surface area (Å²) in [5.74, 6) is -0.843. The topological polar surface area (TPSA) is 67.2 Å². The van der Waals surface area contributed by atoms with Gasteiger partial charge in [-0.1, -0.05) is 0 Å². The van der Waals surface area contributed by atoms with Gasteiger partial charge in [-0.15, -0.1) is 0 Å². The molecule has 0 atom stereocenters. The fourth-order valence-corrected chi connectivity index (χ4v) is 1.12. The van der Waals surface area contributed by atoms with Crippen LogP contribution in [0.5, 0.6) is 0 Å². The van der Waals surface area contributed by atoms with Gasteiger partial charge in [0.25, 0.3) is 11.1 Å². The number of aromatic amines is 1. The van der Waals surface area contributed by atoms with E-state index in [1.807, 2.05) is 0 Å². The monoisotopic (exact) mass is 195 g/mol. The van der Waals surface area contributed by atoms with Crippen molar-refractivity contribution in [2.75, 3.05) is 0 Å². The number of nitrogens with one attached hydrogen (secondary N) is 1. The summed E-state index contributed by atoms with van der Waals surface area (Å²) in [6.45, 7) is 1.52. The lowest BCUT2D eigenvalue weighted by Crippen LogP contribution is -2.19. The predicted octanol–water partition coefficient (Wildman–Crippen LogP) is -0.170. The molecule has 2 aromatic heterocycles. The Morgan fingerprint density at radius 3 is 2.93 bits per heavy atom. The molecule has 0 aliphatic heterocycles. The molecule has 6 heteroatoms. The molecule has 0 aliphatic carbocycles. The molecular formula is C8H6FN3O2. The van der Waals surface area contributed by atoms with E-state index in [0.29, 0.717) is 5.56 Å². The molecule has 0 saturated carbocycles. The maximum atomic E-state index is 13.2. The number of H-pyrrole nitrogens is 1.